The largest absolute Gasteiger partial charge is 0.369 e. The molecule has 2 nitrogen and oxygen atoms in total. The molecule has 0 spiro atoms. The highest BCUT2D eigenvalue weighted by molar-refractivity contribution is 7.98. The summed E-state index contributed by atoms with van der Waals surface area (Å²) in [7, 11) is 0. The van der Waals surface area contributed by atoms with Gasteiger partial charge in [0.05, 0.1) is 0 Å². The summed E-state index contributed by atoms with van der Waals surface area (Å²) in [6.45, 7) is 7.72. The fourth-order valence-electron chi connectivity index (χ4n) is 2.91. The zero-order chi connectivity index (χ0) is 15.4. The molecular formula is C19H24N2S. The van der Waals surface area contributed by atoms with Gasteiger partial charge in [-0.1, -0.05) is 29.8 Å². The number of piperazine rings is 1. The minimum atomic E-state index is 1.07. The van der Waals surface area contributed by atoms with Crippen molar-refractivity contribution in [3.8, 4) is 0 Å². The minimum Gasteiger partial charge on any atom is -0.369 e. The highest BCUT2D eigenvalue weighted by atomic mass is 32.2. The van der Waals surface area contributed by atoms with Gasteiger partial charge in [0.1, 0.15) is 0 Å². The van der Waals surface area contributed by atoms with E-state index in [-0.39, 0.29) is 0 Å². The second-order valence-corrected chi connectivity index (χ2v) is 6.83. The Morgan fingerprint density at radius 1 is 0.864 bits per heavy atom. The Morgan fingerprint density at radius 2 is 1.50 bits per heavy atom. The average molecular weight is 312 g/mol. The van der Waals surface area contributed by atoms with Crippen LogP contribution < -0.4 is 4.90 Å². The maximum atomic E-state index is 2.55. The van der Waals surface area contributed by atoms with Crippen molar-refractivity contribution in [1.29, 1.82) is 0 Å². The van der Waals surface area contributed by atoms with E-state index in [0.717, 1.165) is 32.7 Å². The van der Waals surface area contributed by atoms with Crippen LogP contribution in [0.5, 0.6) is 0 Å². The van der Waals surface area contributed by atoms with Crippen LogP contribution in [0.15, 0.2) is 53.4 Å². The van der Waals surface area contributed by atoms with E-state index in [9.17, 15) is 0 Å². The number of rotatable bonds is 4. The molecule has 22 heavy (non-hydrogen) atoms. The van der Waals surface area contributed by atoms with Crippen LogP contribution in [0.1, 0.15) is 11.1 Å². The predicted octanol–water partition coefficient (Wildman–Crippen LogP) is 4.04. The summed E-state index contributed by atoms with van der Waals surface area (Å²) in [5, 5.41) is 0. The second kappa shape index (κ2) is 7.21. The van der Waals surface area contributed by atoms with E-state index >= 15 is 0 Å². The van der Waals surface area contributed by atoms with E-state index < -0.39 is 0 Å². The summed E-state index contributed by atoms with van der Waals surface area (Å²) in [4.78, 5) is 6.39. The van der Waals surface area contributed by atoms with Gasteiger partial charge in [0, 0.05) is 43.3 Å². The Balaban J connectivity index is 1.53. The third-order valence-electron chi connectivity index (χ3n) is 4.34. The van der Waals surface area contributed by atoms with Gasteiger partial charge in [-0.05, 0) is 43.0 Å². The SMILES string of the molecule is CSc1ccc(CN2CCN(c3ccc(C)cc3)CC2)cc1. The first kappa shape index (κ1) is 15.4. The van der Waals surface area contributed by atoms with Crippen LogP contribution in [0.2, 0.25) is 0 Å². The second-order valence-electron chi connectivity index (χ2n) is 5.95. The Morgan fingerprint density at radius 3 is 2.09 bits per heavy atom. The monoisotopic (exact) mass is 312 g/mol. The molecule has 1 heterocycles. The van der Waals surface area contributed by atoms with Crippen LogP contribution >= 0.6 is 11.8 Å². The lowest BCUT2D eigenvalue weighted by Gasteiger charge is -2.36. The van der Waals surface area contributed by atoms with Crippen molar-refractivity contribution >= 4 is 17.4 Å². The van der Waals surface area contributed by atoms with Crippen LogP contribution in [-0.4, -0.2) is 37.3 Å². The van der Waals surface area contributed by atoms with Crippen molar-refractivity contribution < 1.29 is 0 Å². The Kier molecular flexibility index (Phi) is 5.06. The summed E-state index contributed by atoms with van der Waals surface area (Å²) in [5.41, 5.74) is 4.10. The first-order valence-electron chi connectivity index (χ1n) is 7.91. The molecule has 0 aliphatic carbocycles. The molecule has 2 aromatic rings. The van der Waals surface area contributed by atoms with E-state index in [1.165, 1.54) is 21.7 Å². The molecule has 0 radical (unpaired) electrons. The van der Waals surface area contributed by atoms with Gasteiger partial charge < -0.3 is 4.90 Å². The summed E-state index contributed by atoms with van der Waals surface area (Å²) < 4.78 is 0. The fourth-order valence-corrected chi connectivity index (χ4v) is 3.32. The van der Waals surface area contributed by atoms with Gasteiger partial charge in [-0.3, -0.25) is 4.90 Å². The molecule has 3 rings (SSSR count). The predicted molar refractivity (Wildman–Crippen MR) is 96.9 cm³/mol. The molecule has 1 fully saturated rings. The van der Waals surface area contributed by atoms with Crippen molar-refractivity contribution in [2.75, 3.05) is 37.3 Å². The van der Waals surface area contributed by atoms with Gasteiger partial charge >= 0.3 is 0 Å². The average Bonchev–Trinajstić information content (AvgIpc) is 2.57. The van der Waals surface area contributed by atoms with Crippen molar-refractivity contribution in [1.82, 2.24) is 4.90 Å². The molecule has 0 saturated carbocycles. The molecule has 1 saturated heterocycles. The quantitative estimate of drug-likeness (QED) is 0.787. The van der Waals surface area contributed by atoms with E-state index in [1.807, 2.05) is 0 Å². The number of aryl methyl sites for hydroxylation is 1. The molecule has 1 aliphatic rings. The fraction of sp³-hybridized carbons (Fsp3) is 0.368. The summed E-state index contributed by atoms with van der Waals surface area (Å²) >= 11 is 1.80. The van der Waals surface area contributed by atoms with Crippen molar-refractivity contribution in [2.24, 2.45) is 0 Å². The number of hydrogen-bond acceptors (Lipinski definition) is 3. The Bertz CT molecular complexity index is 584. The molecule has 0 unspecified atom stereocenters. The highest BCUT2D eigenvalue weighted by Crippen LogP contribution is 2.19. The van der Waals surface area contributed by atoms with Gasteiger partial charge in [-0.25, -0.2) is 0 Å². The molecule has 0 amide bonds. The van der Waals surface area contributed by atoms with Gasteiger partial charge in [-0.15, -0.1) is 11.8 Å². The third-order valence-corrected chi connectivity index (χ3v) is 5.08. The maximum absolute atomic E-state index is 2.55. The lowest BCUT2D eigenvalue weighted by Crippen LogP contribution is -2.45. The molecule has 0 atom stereocenters. The molecule has 2 aromatic carbocycles. The Labute approximate surface area is 138 Å². The normalized spacial score (nSPS) is 16.0. The van der Waals surface area contributed by atoms with Crippen molar-refractivity contribution in [3.63, 3.8) is 0 Å². The summed E-state index contributed by atoms with van der Waals surface area (Å²) in [6, 6.07) is 17.9. The third kappa shape index (κ3) is 3.84. The molecule has 116 valence electrons. The van der Waals surface area contributed by atoms with Gasteiger partial charge in [0.2, 0.25) is 0 Å². The molecular weight excluding hydrogens is 288 g/mol. The number of anilines is 1. The molecule has 0 N–H and O–H groups in total. The molecule has 0 bridgehead atoms. The van der Waals surface area contributed by atoms with Gasteiger partial charge in [0.25, 0.3) is 0 Å². The molecule has 0 aromatic heterocycles. The highest BCUT2D eigenvalue weighted by Gasteiger charge is 2.17. The van der Waals surface area contributed by atoms with Crippen LogP contribution in [0.4, 0.5) is 5.69 Å². The lowest BCUT2D eigenvalue weighted by molar-refractivity contribution is 0.250. The van der Waals surface area contributed by atoms with Crippen LogP contribution in [0.3, 0.4) is 0 Å². The van der Waals surface area contributed by atoms with Crippen LogP contribution in [0, 0.1) is 6.92 Å². The first-order valence-corrected chi connectivity index (χ1v) is 9.14. The van der Waals surface area contributed by atoms with E-state index in [1.54, 1.807) is 11.8 Å². The zero-order valence-electron chi connectivity index (χ0n) is 13.5. The van der Waals surface area contributed by atoms with Crippen molar-refractivity contribution in [2.45, 2.75) is 18.4 Å². The minimum absolute atomic E-state index is 1.07. The molecule has 1 aliphatic heterocycles. The van der Waals surface area contributed by atoms with E-state index in [0.29, 0.717) is 0 Å². The maximum Gasteiger partial charge on any atom is 0.0367 e. The van der Waals surface area contributed by atoms with Crippen LogP contribution in [0.25, 0.3) is 0 Å². The van der Waals surface area contributed by atoms with E-state index in [2.05, 4.69) is 71.5 Å². The lowest BCUT2D eigenvalue weighted by atomic mass is 10.1. The summed E-state index contributed by atoms with van der Waals surface area (Å²) in [5.74, 6) is 0. The number of nitrogens with zero attached hydrogens (tertiary/aromatic N) is 2. The number of benzene rings is 2. The summed E-state index contributed by atoms with van der Waals surface area (Å²) in [6.07, 6.45) is 2.12. The van der Waals surface area contributed by atoms with Gasteiger partial charge in [-0.2, -0.15) is 0 Å². The van der Waals surface area contributed by atoms with Crippen molar-refractivity contribution in [3.05, 3.63) is 59.7 Å². The topological polar surface area (TPSA) is 6.48 Å². The zero-order valence-corrected chi connectivity index (χ0v) is 14.3. The standard InChI is InChI=1S/C19H24N2S/c1-16-3-7-18(8-4-16)21-13-11-20(12-14-21)15-17-5-9-19(22-2)10-6-17/h3-10H,11-15H2,1-2H3. The molecule has 3 heteroatoms. The van der Waals surface area contributed by atoms with Gasteiger partial charge in [0.15, 0.2) is 0 Å². The van der Waals surface area contributed by atoms with E-state index in [4.69, 9.17) is 0 Å². The Hall–Kier alpha value is -1.45. The smallest absolute Gasteiger partial charge is 0.0367 e. The number of thioether (sulfide) groups is 1. The van der Waals surface area contributed by atoms with Crippen LogP contribution in [-0.2, 0) is 6.54 Å². The first-order chi connectivity index (χ1) is 10.7. The number of hydrogen-bond donors (Lipinski definition) is 0.